The van der Waals surface area contributed by atoms with Gasteiger partial charge in [-0.2, -0.15) is 10.4 Å². The summed E-state index contributed by atoms with van der Waals surface area (Å²) in [7, 11) is -3.72. The third-order valence-electron chi connectivity index (χ3n) is 3.75. The van der Waals surface area contributed by atoms with E-state index in [0.29, 0.717) is 18.1 Å². The highest BCUT2D eigenvalue weighted by Gasteiger charge is 2.14. The van der Waals surface area contributed by atoms with Gasteiger partial charge in [0.05, 0.1) is 16.5 Å². The topological polar surface area (TPSA) is 112 Å². The number of nitrogens with one attached hydrogen (secondary N) is 2. The first-order valence-electron chi connectivity index (χ1n) is 8.11. The van der Waals surface area contributed by atoms with Crippen LogP contribution in [0.3, 0.4) is 0 Å². The van der Waals surface area contributed by atoms with Crippen molar-refractivity contribution in [3.63, 3.8) is 0 Å². The quantitative estimate of drug-likeness (QED) is 0.645. The molecule has 1 aromatic heterocycles. The fraction of sp³-hybridized carbons (Fsp3) is 0.167. The highest BCUT2D eigenvalue weighted by molar-refractivity contribution is 7.89. The van der Waals surface area contributed by atoms with Gasteiger partial charge in [-0.25, -0.2) is 22.5 Å². The molecule has 27 heavy (non-hydrogen) atoms. The van der Waals surface area contributed by atoms with Crippen molar-refractivity contribution in [2.24, 2.45) is 0 Å². The molecule has 0 bridgehead atoms. The Hall–Kier alpha value is -3.09. The van der Waals surface area contributed by atoms with Crippen LogP contribution in [0.15, 0.2) is 53.4 Å². The zero-order valence-corrected chi connectivity index (χ0v) is 15.0. The maximum absolute atomic E-state index is 13.2. The molecule has 0 aliphatic carbocycles. The van der Waals surface area contributed by atoms with Gasteiger partial charge in [-0.05, 0) is 35.9 Å². The van der Waals surface area contributed by atoms with E-state index in [2.05, 4.69) is 19.9 Å². The van der Waals surface area contributed by atoms with Crippen molar-refractivity contribution in [3.8, 4) is 6.07 Å². The van der Waals surface area contributed by atoms with Crippen LogP contribution in [-0.2, 0) is 22.9 Å². The Balaban J connectivity index is 1.58. The highest BCUT2D eigenvalue weighted by Crippen LogP contribution is 2.11. The van der Waals surface area contributed by atoms with Crippen LogP contribution in [0.1, 0.15) is 22.8 Å². The number of hydrogen-bond acceptors (Lipinski definition) is 5. The predicted octanol–water partition coefficient (Wildman–Crippen LogP) is 1.93. The van der Waals surface area contributed by atoms with Crippen molar-refractivity contribution in [2.45, 2.75) is 17.7 Å². The molecule has 0 saturated carbocycles. The van der Waals surface area contributed by atoms with Crippen LogP contribution < -0.4 is 4.72 Å². The zero-order valence-electron chi connectivity index (χ0n) is 14.2. The summed E-state index contributed by atoms with van der Waals surface area (Å²) in [4.78, 5) is 4.32. The summed E-state index contributed by atoms with van der Waals surface area (Å²) in [5.41, 5.74) is 1.03. The molecule has 3 aromatic rings. The van der Waals surface area contributed by atoms with Crippen molar-refractivity contribution < 1.29 is 12.8 Å². The van der Waals surface area contributed by atoms with Crippen LogP contribution in [0, 0.1) is 17.1 Å². The Morgan fingerprint density at radius 3 is 2.78 bits per heavy atom. The first kappa shape index (κ1) is 18.7. The summed E-state index contributed by atoms with van der Waals surface area (Å²) in [5, 5.41) is 15.7. The van der Waals surface area contributed by atoms with Gasteiger partial charge >= 0.3 is 0 Å². The zero-order chi connectivity index (χ0) is 19.3. The highest BCUT2D eigenvalue weighted by atomic mass is 32.2. The molecular formula is C18H16FN5O2S. The predicted molar refractivity (Wildman–Crippen MR) is 95.6 cm³/mol. The average Bonchev–Trinajstić information content (AvgIpc) is 3.09. The van der Waals surface area contributed by atoms with Crippen molar-refractivity contribution in [3.05, 3.63) is 77.1 Å². The van der Waals surface area contributed by atoms with Gasteiger partial charge in [0.2, 0.25) is 10.0 Å². The lowest BCUT2D eigenvalue weighted by molar-refractivity contribution is 0.581. The van der Waals surface area contributed by atoms with Gasteiger partial charge in [-0.3, -0.25) is 5.10 Å². The summed E-state index contributed by atoms with van der Waals surface area (Å²) in [6.07, 6.45) is 0.689. The molecule has 0 amide bonds. The Labute approximate surface area is 155 Å². The standard InChI is InChI=1S/C18H16FN5O2S/c19-15-5-1-3-13(9-15)11-18-22-17(23-24-18)7-8-21-27(25,26)16-6-2-4-14(10-16)12-20/h1-6,9-10,21H,7-8,11H2,(H,22,23,24). The molecule has 0 aliphatic heterocycles. The number of nitrogens with zero attached hydrogens (tertiary/aromatic N) is 3. The number of hydrogen-bond donors (Lipinski definition) is 2. The minimum atomic E-state index is -3.72. The number of aromatic nitrogens is 3. The minimum absolute atomic E-state index is 0.0309. The van der Waals surface area contributed by atoms with Crippen LogP contribution in [0.2, 0.25) is 0 Å². The SMILES string of the molecule is N#Cc1cccc(S(=O)(=O)NCCc2n[nH]c(Cc3cccc(F)c3)n2)c1. The van der Waals surface area contributed by atoms with Gasteiger partial charge in [0, 0.05) is 19.4 Å². The molecule has 9 heteroatoms. The van der Waals surface area contributed by atoms with Crippen molar-refractivity contribution in [1.29, 1.82) is 5.26 Å². The number of sulfonamides is 1. The van der Waals surface area contributed by atoms with Gasteiger partial charge in [0.15, 0.2) is 5.82 Å². The second-order valence-electron chi connectivity index (χ2n) is 5.79. The Kier molecular flexibility index (Phi) is 5.59. The van der Waals surface area contributed by atoms with Crippen molar-refractivity contribution in [2.75, 3.05) is 6.54 Å². The molecule has 138 valence electrons. The number of rotatable bonds is 7. The average molecular weight is 385 g/mol. The van der Waals surface area contributed by atoms with Crippen molar-refractivity contribution in [1.82, 2.24) is 19.9 Å². The summed E-state index contributed by atoms with van der Waals surface area (Å²) in [6, 6.07) is 13.9. The molecule has 2 N–H and O–H groups in total. The van der Waals surface area contributed by atoms with Crippen LogP contribution >= 0.6 is 0 Å². The second kappa shape index (κ2) is 8.07. The number of nitriles is 1. The van der Waals surface area contributed by atoms with Gasteiger partial charge in [0.25, 0.3) is 0 Å². The molecule has 0 radical (unpaired) electrons. The Bertz CT molecular complexity index is 1090. The molecule has 7 nitrogen and oxygen atoms in total. The van der Waals surface area contributed by atoms with Crippen molar-refractivity contribution >= 4 is 10.0 Å². The fourth-order valence-corrected chi connectivity index (χ4v) is 3.56. The largest absolute Gasteiger partial charge is 0.263 e. The first-order valence-corrected chi connectivity index (χ1v) is 9.59. The molecule has 0 atom stereocenters. The lowest BCUT2D eigenvalue weighted by Gasteiger charge is -2.05. The molecule has 0 aliphatic rings. The van der Waals surface area contributed by atoms with Gasteiger partial charge < -0.3 is 0 Å². The van der Waals surface area contributed by atoms with E-state index in [9.17, 15) is 12.8 Å². The number of halogens is 1. The third kappa shape index (κ3) is 4.97. The molecule has 0 unspecified atom stereocenters. The Morgan fingerprint density at radius 1 is 1.19 bits per heavy atom. The Morgan fingerprint density at radius 2 is 2.00 bits per heavy atom. The number of H-pyrrole nitrogens is 1. The number of benzene rings is 2. The van der Waals surface area contributed by atoms with Gasteiger partial charge in [0.1, 0.15) is 11.6 Å². The van der Waals surface area contributed by atoms with E-state index in [0.717, 1.165) is 5.56 Å². The summed E-state index contributed by atoms with van der Waals surface area (Å²) < 4.78 is 40.2. The molecule has 0 saturated heterocycles. The van der Waals surface area contributed by atoms with E-state index >= 15 is 0 Å². The van der Waals surface area contributed by atoms with Gasteiger partial charge in [-0.15, -0.1) is 0 Å². The normalized spacial score (nSPS) is 11.3. The monoisotopic (exact) mass is 385 g/mol. The van der Waals surface area contributed by atoms with Gasteiger partial charge in [-0.1, -0.05) is 18.2 Å². The summed E-state index contributed by atoms with van der Waals surface area (Å²) in [5.74, 6) is 0.706. The molecule has 3 rings (SSSR count). The molecular weight excluding hydrogens is 369 g/mol. The summed E-state index contributed by atoms with van der Waals surface area (Å²) in [6.45, 7) is 0.108. The van der Waals surface area contributed by atoms with Crippen LogP contribution in [0.5, 0.6) is 0 Å². The van der Waals surface area contributed by atoms with Crippen LogP contribution in [0.25, 0.3) is 0 Å². The molecule has 0 spiro atoms. The minimum Gasteiger partial charge on any atom is -0.263 e. The lowest BCUT2D eigenvalue weighted by atomic mass is 10.1. The maximum Gasteiger partial charge on any atom is 0.240 e. The number of aromatic amines is 1. The fourth-order valence-electron chi connectivity index (χ4n) is 2.48. The molecule has 0 fully saturated rings. The van der Waals surface area contributed by atoms with E-state index in [1.54, 1.807) is 12.1 Å². The van der Waals surface area contributed by atoms with Crippen LogP contribution in [-0.4, -0.2) is 30.1 Å². The second-order valence-corrected chi connectivity index (χ2v) is 7.56. The lowest BCUT2D eigenvalue weighted by Crippen LogP contribution is -2.26. The molecule has 2 aromatic carbocycles. The van der Waals surface area contributed by atoms with Crippen LogP contribution in [0.4, 0.5) is 4.39 Å². The molecule has 1 heterocycles. The van der Waals surface area contributed by atoms with E-state index in [1.807, 2.05) is 6.07 Å². The smallest absolute Gasteiger partial charge is 0.240 e. The third-order valence-corrected chi connectivity index (χ3v) is 5.21. The van der Waals surface area contributed by atoms with E-state index in [4.69, 9.17) is 5.26 Å². The first-order chi connectivity index (χ1) is 13.0. The van der Waals surface area contributed by atoms with E-state index in [-0.39, 0.29) is 29.2 Å². The maximum atomic E-state index is 13.2. The van der Waals surface area contributed by atoms with E-state index < -0.39 is 10.0 Å². The summed E-state index contributed by atoms with van der Waals surface area (Å²) >= 11 is 0. The van der Waals surface area contributed by atoms with E-state index in [1.165, 1.54) is 36.4 Å².